The highest BCUT2D eigenvalue weighted by atomic mass is 35.5. The van der Waals surface area contributed by atoms with Crippen LogP contribution in [-0.2, 0) is 0 Å². The van der Waals surface area contributed by atoms with E-state index in [1.54, 1.807) is 25.5 Å². The molecule has 3 aromatic rings. The summed E-state index contributed by atoms with van der Waals surface area (Å²) in [7, 11) is 1.56. The summed E-state index contributed by atoms with van der Waals surface area (Å²) in [6.07, 6.45) is 4.61. The summed E-state index contributed by atoms with van der Waals surface area (Å²) in [5, 5.41) is 12.0. The summed E-state index contributed by atoms with van der Waals surface area (Å²) >= 11 is 6.37. The van der Waals surface area contributed by atoms with Gasteiger partial charge in [-0.3, -0.25) is 0 Å². The number of benzene rings is 2. The summed E-state index contributed by atoms with van der Waals surface area (Å²) in [6.45, 7) is 4.84. The molecule has 0 N–H and O–H groups in total. The van der Waals surface area contributed by atoms with Gasteiger partial charge in [-0.25, -0.2) is 4.68 Å². The third-order valence-corrected chi connectivity index (χ3v) is 4.36. The minimum Gasteiger partial charge on any atom is -0.493 e. The maximum atomic E-state index is 6.37. The monoisotopic (exact) mass is 400 g/mol. The highest BCUT2D eigenvalue weighted by Crippen LogP contribution is 2.36. The fourth-order valence-corrected chi connectivity index (χ4v) is 2.72. The van der Waals surface area contributed by atoms with Crippen LogP contribution in [0.3, 0.4) is 0 Å². The van der Waals surface area contributed by atoms with Gasteiger partial charge in [-0.1, -0.05) is 17.7 Å². The number of methoxy groups -OCH3 is 1. The molecule has 28 heavy (non-hydrogen) atoms. The molecule has 0 aliphatic rings. The van der Waals surface area contributed by atoms with Crippen LogP contribution in [0.5, 0.6) is 17.2 Å². The Morgan fingerprint density at radius 2 is 1.79 bits per heavy atom. The molecule has 0 bridgehead atoms. The average molecular weight is 401 g/mol. The van der Waals surface area contributed by atoms with E-state index in [9.17, 15) is 0 Å². The average Bonchev–Trinajstić information content (AvgIpc) is 3.20. The van der Waals surface area contributed by atoms with Gasteiger partial charge in [0.2, 0.25) is 0 Å². The van der Waals surface area contributed by atoms with Gasteiger partial charge < -0.3 is 14.2 Å². The van der Waals surface area contributed by atoms with E-state index in [0.29, 0.717) is 29.7 Å². The van der Waals surface area contributed by atoms with Crippen molar-refractivity contribution in [3.8, 4) is 17.2 Å². The fourth-order valence-electron chi connectivity index (χ4n) is 2.45. The number of halogens is 1. The quantitative estimate of drug-likeness (QED) is 0.423. The van der Waals surface area contributed by atoms with Crippen molar-refractivity contribution in [2.75, 3.05) is 20.3 Å². The lowest BCUT2D eigenvalue weighted by atomic mass is 10.1. The number of hydrogen-bond donors (Lipinski definition) is 0. The van der Waals surface area contributed by atoms with Gasteiger partial charge in [-0.2, -0.15) is 5.10 Å². The van der Waals surface area contributed by atoms with Crippen LogP contribution in [0.1, 0.15) is 16.7 Å². The second-order valence-electron chi connectivity index (χ2n) is 6.06. The smallest absolute Gasteiger partial charge is 0.179 e. The molecule has 3 rings (SSSR count). The Hall–Kier alpha value is -3.06. The summed E-state index contributed by atoms with van der Waals surface area (Å²) in [5.74, 6) is 1.79. The standard InChI is InChI=1S/C20H21ClN4O3/c1-14-4-5-17(8-15(14)2)27-6-7-28-20-18(21)9-16(10-19(20)26-3)11-24-25-12-22-23-13-25/h4-5,8-13H,6-7H2,1-3H3/b24-11-. The maximum Gasteiger partial charge on any atom is 0.179 e. The van der Waals surface area contributed by atoms with E-state index in [1.165, 1.54) is 28.5 Å². The Morgan fingerprint density at radius 1 is 1.04 bits per heavy atom. The minimum absolute atomic E-state index is 0.331. The summed E-state index contributed by atoms with van der Waals surface area (Å²) in [5.41, 5.74) is 3.18. The zero-order chi connectivity index (χ0) is 19.9. The van der Waals surface area contributed by atoms with Gasteiger partial charge in [-0.15, -0.1) is 10.2 Å². The zero-order valence-corrected chi connectivity index (χ0v) is 16.7. The largest absolute Gasteiger partial charge is 0.493 e. The molecule has 0 aliphatic carbocycles. The second-order valence-corrected chi connectivity index (χ2v) is 6.47. The third-order valence-electron chi connectivity index (χ3n) is 4.08. The van der Waals surface area contributed by atoms with Crippen molar-refractivity contribution in [3.63, 3.8) is 0 Å². The Morgan fingerprint density at radius 3 is 2.50 bits per heavy atom. The Kier molecular flexibility index (Phi) is 6.49. The normalized spacial score (nSPS) is 11.0. The minimum atomic E-state index is 0.331. The van der Waals surface area contributed by atoms with Crippen LogP contribution in [0.2, 0.25) is 5.02 Å². The van der Waals surface area contributed by atoms with Gasteiger partial charge in [0.05, 0.1) is 18.3 Å². The van der Waals surface area contributed by atoms with E-state index in [-0.39, 0.29) is 0 Å². The number of hydrogen-bond acceptors (Lipinski definition) is 6. The summed E-state index contributed by atoms with van der Waals surface area (Å²) < 4.78 is 18.4. The molecule has 2 aromatic carbocycles. The van der Waals surface area contributed by atoms with Crippen molar-refractivity contribution in [2.45, 2.75) is 13.8 Å². The lowest BCUT2D eigenvalue weighted by Gasteiger charge is -2.14. The molecule has 1 heterocycles. The van der Waals surface area contributed by atoms with Gasteiger partial charge in [-0.05, 0) is 54.8 Å². The first-order valence-electron chi connectivity index (χ1n) is 8.66. The van der Waals surface area contributed by atoms with Crippen molar-refractivity contribution in [1.29, 1.82) is 0 Å². The van der Waals surface area contributed by atoms with E-state index in [2.05, 4.69) is 29.1 Å². The van der Waals surface area contributed by atoms with Gasteiger partial charge >= 0.3 is 0 Å². The van der Waals surface area contributed by atoms with Gasteiger partial charge in [0, 0.05) is 0 Å². The van der Waals surface area contributed by atoms with Crippen LogP contribution in [0.15, 0.2) is 48.1 Å². The molecule has 7 nitrogen and oxygen atoms in total. The van der Waals surface area contributed by atoms with E-state index in [1.807, 2.05) is 18.2 Å². The number of rotatable bonds is 8. The second kappa shape index (κ2) is 9.23. The Labute approximate surface area is 168 Å². The number of aryl methyl sites for hydroxylation is 2. The topological polar surface area (TPSA) is 70.8 Å². The van der Waals surface area contributed by atoms with Crippen LogP contribution in [-0.4, -0.2) is 41.4 Å². The lowest BCUT2D eigenvalue weighted by Crippen LogP contribution is -2.10. The molecule has 0 unspecified atom stereocenters. The highest BCUT2D eigenvalue weighted by molar-refractivity contribution is 6.32. The van der Waals surface area contributed by atoms with Crippen LogP contribution >= 0.6 is 11.6 Å². The predicted octanol–water partition coefficient (Wildman–Crippen LogP) is 3.90. The first kappa shape index (κ1) is 19.7. The van der Waals surface area contributed by atoms with Gasteiger partial charge in [0.15, 0.2) is 11.5 Å². The first-order valence-corrected chi connectivity index (χ1v) is 9.04. The third kappa shape index (κ3) is 5.01. The zero-order valence-electron chi connectivity index (χ0n) is 15.9. The molecule has 1 aromatic heterocycles. The van der Waals surface area contributed by atoms with E-state index >= 15 is 0 Å². The number of aromatic nitrogens is 3. The van der Waals surface area contributed by atoms with Gasteiger partial charge in [0.1, 0.15) is 31.6 Å². The van der Waals surface area contributed by atoms with E-state index < -0.39 is 0 Å². The van der Waals surface area contributed by atoms with Crippen LogP contribution in [0.4, 0.5) is 0 Å². The molecule has 0 saturated heterocycles. The molecule has 0 amide bonds. The van der Waals surface area contributed by atoms with Crippen LogP contribution in [0.25, 0.3) is 0 Å². The maximum absolute atomic E-state index is 6.37. The molecule has 0 fully saturated rings. The highest BCUT2D eigenvalue weighted by Gasteiger charge is 2.12. The van der Waals surface area contributed by atoms with Crippen molar-refractivity contribution in [2.24, 2.45) is 5.10 Å². The molecule has 0 atom stereocenters. The molecule has 0 saturated carbocycles. The molecular formula is C20H21ClN4O3. The van der Waals surface area contributed by atoms with Crippen LogP contribution < -0.4 is 14.2 Å². The van der Waals surface area contributed by atoms with Crippen LogP contribution in [0, 0.1) is 13.8 Å². The number of ether oxygens (including phenoxy) is 3. The molecule has 8 heteroatoms. The summed E-state index contributed by atoms with van der Waals surface area (Å²) in [4.78, 5) is 0. The lowest BCUT2D eigenvalue weighted by molar-refractivity contribution is 0.211. The molecule has 0 radical (unpaired) electrons. The molecule has 146 valence electrons. The summed E-state index contributed by atoms with van der Waals surface area (Å²) in [6, 6.07) is 9.52. The molecule has 0 spiro atoms. The van der Waals surface area contributed by atoms with Gasteiger partial charge in [0.25, 0.3) is 0 Å². The number of nitrogens with zero attached hydrogens (tertiary/aromatic N) is 4. The van der Waals surface area contributed by atoms with E-state index in [0.717, 1.165) is 11.3 Å². The Bertz CT molecular complexity index is 958. The fraction of sp³-hybridized carbons (Fsp3) is 0.250. The van der Waals surface area contributed by atoms with Crippen molar-refractivity contribution >= 4 is 17.8 Å². The molecule has 0 aliphatic heterocycles. The van der Waals surface area contributed by atoms with Crippen molar-refractivity contribution in [3.05, 3.63) is 64.7 Å². The predicted molar refractivity (Wildman–Crippen MR) is 108 cm³/mol. The van der Waals surface area contributed by atoms with Crippen molar-refractivity contribution in [1.82, 2.24) is 14.9 Å². The molecular weight excluding hydrogens is 380 g/mol. The SMILES string of the molecule is COc1cc(/C=N\n2cnnc2)cc(Cl)c1OCCOc1ccc(C)c(C)c1. The van der Waals surface area contributed by atoms with E-state index in [4.69, 9.17) is 25.8 Å². The first-order chi connectivity index (χ1) is 13.6. The Balaban J connectivity index is 1.62. The van der Waals surface area contributed by atoms with Crippen molar-refractivity contribution < 1.29 is 14.2 Å².